The standard InChI is InChI=1S/C15H12FNO2/c16-11-8-6-10(7-9-11)13-14(19-13)15(18)17-12-4-2-1-3-5-12/h1-9,13-14H,(H,17,18)/t13-,14-/m1/s1. The van der Waals surface area contributed by atoms with Crippen molar-refractivity contribution in [3.63, 3.8) is 0 Å². The lowest BCUT2D eigenvalue weighted by Gasteiger charge is -2.02. The average Bonchev–Trinajstić information content (AvgIpc) is 3.21. The minimum Gasteiger partial charge on any atom is -0.354 e. The van der Waals surface area contributed by atoms with Crippen molar-refractivity contribution in [3.8, 4) is 0 Å². The summed E-state index contributed by atoms with van der Waals surface area (Å²) in [6.45, 7) is 0. The van der Waals surface area contributed by atoms with E-state index in [2.05, 4.69) is 5.32 Å². The molecule has 3 nitrogen and oxygen atoms in total. The molecule has 1 heterocycles. The van der Waals surface area contributed by atoms with Crippen LogP contribution in [0.3, 0.4) is 0 Å². The average molecular weight is 257 g/mol. The molecule has 0 bridgehead atoms. The molecule has 0 radical (unpaired) electrons. The van der Waals surface area contributed by atoms with E-state index in [0.29, 0.717) is 0 Å². The lowest BCUT2D eigenvalue weighted by atomic mass is 10.1. The van der Waals surface area contributed by atoms with E-state index in [-0.39, 0.29) is 17.8 Å². The molecule has 1 aliphatic rings. The van der Waals surface area contributed by atoms with Gasteiger partial charge in [0, 0.05) is 5.69 Å². The number of ether oxygens (including phenoxy) is 1. The molecule has 0 saturated carbocycles. The Morgan fingerprint density at radius 1 is 1.05 bits per heavy atom. The monoisotopic (exact) mass is 257 g/mol. The quantitative estimate of drug-likeness (QED) is 0.859. The largest absolute Gasteiger partial charge is 0.354 e. The summed E-state index contributed by atoms with van der Waals surface area (Å²) in [5.41, 5.74) is 1.55. The number of nitrogens with one attached hydrogen (secondary N) is 1. The number of epoxide rings is 1. The van der Waals surface area contributed by atoms with E-state index >= 15 is 0 Å². The molecular weight excluding hydrogens is 245 g/mol. The third-order valence-electron chi connectivity index (χ3n) is 2.99. The lowest BCUT2D eigenvalue weighted by molar-refractivity contribution is -0.117. The molecule has 2 aromatic rings. The van der Waals surface area contributed by atoms with Gasteiger partial charge >= 0.3 is 0 Å². The minimum atomic E-state index is -0.495. The molecule has 0 aliphatic carbocycles. The Labute approximate surface area is 110 Å². The van der Waals surface area contributed by atoms with Crippen LogP contribution in [0.15, 0.2) is 54.6 Å². The van der Waals surface area contributed by atoms with Gasteiger partial charge in [0.1, 0.15) is 11.9 Å². The number of hydrogen-bond donors (Lipinski definition) is 1. The maximum absolute atomic E-state index is 12.8. The van der Waals surface area contributed by atoms with Crippen molar-refractivity contribution in [1.29, 1.82) is 0 Å². The van der Waals surface area contributed by atoms with Crippen LogP contribution in [-0.2, 0) is 9.53 Å². The zero-order valence-corrected chi connectivity index (χ0v) is 10.0. The first-order chi connectivity index (χ1) is 9.24. The van der Waals surface area contributed by atoms with Crippen LogP contribution in [0.4, 0.5) is 10.1 Å². The number of para-hydroxylation sites is 1. The highest BCUT2D eigenvalue weighted by Gasteiger charge is 2.46. The van der Waals surface area contributed by atoms with Crippen molar-refractivity contribution in [3.05, 3.63) is 66.0 Å². The highest BCUT2D eigenvalue weighted by atomic mass is 19.1. The predicted octanol–water partition coefficient (Wildman–Crippen LogP) is 2.90. The number of halogens is 1. The van der Waals surface area contributed by atoms with E-state index in [0.717, 1.165) is 11.3 Å². The molecule has 0 aromatic heterocycles. The van der Waals surface area contributed by atoms with Gasteiger partial charge in [0.15, 0.2) is 6.10 Å². The number of benzene rings is 2. The topological polar surface area (TPSA) is 41.6 Å². The molecule has 2 aromatic carbocycles. The summed E-state index contributed by atoms with van der Waals surface area (Å²) in [4.78, 5) is 11.9. The molecule has 1 N–H and O–H groups in total. The summed E-state index contributed by atoms with van der Waals surface area (Å²) in [5, 5.41) is 2.78. The Morgan fingerprint density at radius 2 is 1.74 bits per heavy atom. The number of hydrogen-bond acceptors (Lipinski definition) is 2. The van der Waals surface area contributed by atoms with Crippen molar-refractivity contribution in [2.45, 2.75) is 12.2 Å². The normalized spacial score (nSPS) is 20.9. The van der Waals surface area contributed by atoms with Crippen molar-refractivity contribution >= 4 is 11.6 Å². The fourth-order valence-electron chi connectivity index (χ4n) is 1.95. The third-order valence-corrected chi connectivity index (χ3v) is 2.99. The van der Waals surface area contributed by atoms with Crippen LogP contribution in [-0.4, -0.2) is 12.0 Å². The summed E-state index contributed by atoms with van der Waals surface area (Å²) in [6.07, 6.45) is -0.769. The molecule has 0 unspecified atom stereocenters. The van der Waals surface area contributed by atoms with E-state index in [4.69, 9.17) is 4.74 Å². The molecule has 1 amide bonds. The fraction of sp³-hybridized carbons (Fsp3) is 0.133. The number of carbonyl (C=O) groups is 1. The SMILES string of the molecule is O=C(Nc1ccccc1)[C@@H]1O[C@@H]1c1ccc(F)cc1. The van der Waals surface area contributed by atoms with Gasteiger partial charge in [-0.05, 0) is 29.8 Å². The maximum Gasteiger partial charge on any atom is 0.256 e. The van der Waals surface area contributed by atoms with Crippen molar-refractivity contribution in [1.82, 2.24) is 0 Å². The van der Waals surface area contributed by atoms with Gasteiger partial charge in [-0.1, -0.05) is 30.3 Å². The van der Waals surface area contributed by atoms with Gasteiger partial charge in [0.05, 0.1) is 0 Å². The van der Waals surface area contributed by atoms with Crippen LogP contribution < -0.4 is 5.32 Å². The van der Waals surface area contributed by atoms with Crippen molar-refractivity contribution < 1.29 is 13.9 Å². The van der Waals surface area contributed by atoms with Crippen LogP contribution in [0.2, 0.25) is 0 Å². The van der Waals surface area contributed by atoms with Crippen LogP contribution >= 0.6 is 0 Å². The number of amides is 1. The van der Waals surface area contributed by atoms with Gasteiger partial charge in [-0.3, -0.25) is 4.79 Å². The van der Waals surface area contributed by atoms with E-state index < -0.39 is 6.10 Å². The molecule has 1 fully saturated rings. The lowest BCUT2D eigenvalue weighted by Crippen LogP contribution is -2.18. The highest BCUT2D eigenvalue weighted by molar-refractivity contribution is 5.96. The van der Waals surface area contributed by atoms with Gasteiger partial charge < -0.3 is 10.1 Å². The van der Waals surface area contributed by atoms with Crippen LogP contribution in [0.5, 0.6) is 0 Å². The Balaban J connectivity index is 1.63. The first-order valence-electron chi connectivity index (χ1n) is 6.01. The zero-order chi connectivity index (χ0) is 13.2. The fourth-order valence-corrected chi connectivity index (χ4v) is 1.95. The molecule has 96 valence electrons. The van der Waals surface area contributed by atoms with Gasteiger partial charge in [0.2, 0.25) is 0 Å². The van der Waals surface area contributed by atoms with Gasteiger partial charge in [-0.15, -0.1) is 0 Å². The third kappa shape index (κ3) is 2.63. The van der Waals surface area contributed by atoms with E-state index in [1.165, 1.54) is 12.1 Å². The molecule has 4 heteroatoms. The second-order valence-electron chi connectivity index (χ2n) is 4.38. The van der Waals surface area contributed by atoms with E-state index in [1.807, 2.05) is 30.3 Å². The minimum absolute atomic E-state index is 0.180. The number of carbonyl (C=O) groups excluding carboxylic acids is 1. The van der Waals surface area contributed by atoms with E-state index in [1.54, 1.807) is 12.1 Å². The summed E-state index contributed by atoms with van der Waals surface area (Å²) >= 11 is 0. The molecule has 1 aliphatic heterocycles. The molecule has 1 saturated heterocycles. The Kier molecular flexibility index (Phi) is 3.01. The van der Waals surface area contributed by atoms with Crippen LogP contribution in [0.1, 0.15) is 11.7 Å². The summed E-state index contributed by atoms with van der Waals surface area (Å²) < 4.78 is 18.1. The van der Waals surface area contributed by atoms with Gasteiger partial charge in [-0.2, -0.15) is 0 Å². The Hall–Kier alpha value is -2.20. The second-order valence-corrected chi connectivity index (χ2v) is 4.38. The Morgan fingerprint density at radius 3 is 2.42 bits per heavy atom. The van der Waals surface area contributed by atoms with Crippen LogP contribution in [0.25, 0.3) is 0 Å². The maximum atomic E-state index is 12.8. The second kappa shape index (κ2) is 4.82. The van der Waals surface area contributed by atoms with Gasteiger partial charge in [0.25, 0.3) is 5.91 Å². The molecule has 19 heavy (non-hydrogen) atoms. The summed E-state index contributed by atoms with van der Waals surface area (Å²) in [6, 6.07) is 15.2. The van der Waals surface area contributed by atoms with Crippen molar-refractivity contribution in [2.75, 3.05) is 5.32 Å². The Bertz CT molecular complexity index is 583. The molecule has 3 rings (SSSR count). The molecule has 2 atom stereocenters. The van der Waals surface area contributed by atoms with Crippen LogP contribution in [0, 0.1) is 5.82 Å². The molecule has 0 spiro atoms. The summed E-state index contributed by atoms with van der Waals surface area (Å²) in [5.74, 6) is -0.477. The number of anilines is 1. The zero-order valence-electron chi connectivity index (χ0n) is 10.0. The first kappa shape index (κ1) is 11.9. The van der Waals surface area contributed by atoms with E-state index in [9.17, 15) is 9.18 Å². The predicted molar refractivity (Wildman–Crippen MR) is 69.1 cm³/mol. The first-order valence-corrected chi connectivity index (χ1v) is 6.01. The highest BCUT2D eigenvalue weighted by Crippen LogP contribution is 2.39. The number of rotatable bonds is 3. The summed E-state index contributed by atoms with van der Waals surface area (Å²) in [7, 11) is 0. The smallest absolute Gasteiger partial charge is 0.256 e. The van der Waals surface area contributed by atoms with Crippen molar-refractivity contribution in [2.24, 2.45) is 0 Å². The van der Waals surface area contributed by atoms with Gasteiger partial charge in [-0.25, -0.2) is 4.39 Å². The molecular formula is C15H12FNO2.